The molecule has 7 nitrogen and oxygen atoms in total. The minimum atomic E-state index is -0.539. The second-order valence-electron chi connectivity index (χ2n) is 6.27. The van der Waals surface area contributed by atoms with E-state index in [2.05, 4.69) is 10.6 Å². The number of nitrogens with one attached hydrogen (secondary N) is 2. The maximum absolute atomic E-state index is 12.2. The maximum Gasteiger partial charge on any atom is 0.315 e. The molecule has 0 bridgehead atoms. The Morgan fingerprint density at radius 1 is 1.43 bits per heavy atom. The average molecular weight is 321 g/mol. The van der Waals surface area contributed by atoms with Gasteiger partial charge in [-0.1, -0.05) is 25.0 Å². The van der Waals surface area contributed by atoms with Crippen molar-refractivity contribution in [2.75, 3.05) is 6.61 Å². The minimum Gasteiger partial charge on any atom is -0.394 e. The third-order valence-electron chi connectivity index (χ3n) is 4.52. The summed E-state index contributed by atoms with van der Waals surface area (Å²) in [5.74, 6) is 0. The van der Waals surface area contributed by atoms with E-state index in [1.807, 2.05) is 0 Å². The largest absolute Gasteiger partial charge is 0.394 e. The van der Waals surface area contributed by atoms with Crippen LogP contribution in [0.5, 0.6) is 0 Å². The summed E-state index contributed by atoms with van der Waals surface area (Å²) in [6.07, 6.45) is 3.50. The van der Waals surface area contributed by atoms with Crippen LogP contribution in [0.3, 0.4) is 0 Å². The van der Waals surface area contributed by atoms with Crippen molar-refractivity contribution in [1.82, 2.24) is 10.6 Å². The highest BCUT2D eigenvalue weighted by Crippen LogP contribution is 2.29. The molecule has 2 amide bonds. The topological polar surface area (TPSA) is 104 Å². The van der Waals surface area contributed by atoms with Gasteiger partial charge in [0.25, 0.3) is 5.69 Å². The predicted octanol–water partition coefficient (Wildman–Crippen LogP) is 2.57. The molecule has 1 unspecified atom stereocenters. The molecule has 1 fully saturated rings. The zero-order chi connectivity index (χ0) is 17.0. The van der Waals surface area contributed by atoms with Gasteiger partial charge >= 0.3 is 6.03 Å². The molecule has 126 valence electrons. The van der Waals surface area contributed by atoms with Crippen LogP contribution in [0.15, 0.2) is 18.2 Å². The molecule has 0 saturated heterocycles. The van der Waals surface area contributed by atoms with E-state index >= 15 is 0 Å². The van der Waals surface area contributed by atoms with Crippen LogP contribution in [0.1, 0.15) is 49.8 Å². The fourth-order valence-electron chi connectivity index (χ4n) is 3.02. The highest BCUT2D eigenvalue weighted by Gasteiger charge is 2.34. The summed E-state index contributed by atoms with van der Waals surface area (Å²) < 4.78 is 0. The van der Waals surface area contributed by atoms with E-state index in [9.17, 15) is 20.0 Å². The van der Waals surface area contributed by atoms with Crippen LogP contribution < -0.4 is 10.6 Å². The number of hydrogen-bond donors (Lipinski definition) is 3. The fourth-order valence-corrected chi connectivity index (χ4v) is 3.02. The molecule has 1 aliphatic carbocycles. The predicted molar refractivity (Wildman–Crippen MR) is 86.2 cm³/mol. The molecular weight excluding hydrogens is 298 g/mol. The Labute approximate surface area is 135 Å². The number of urea groups is 1. The number of nitro benzene ring substituents is 1. The fraction of sp³-hybridized carbons (Fsp3) is 0.562. The van der Waals surface area contributed by atoms with E-state index in [-0.39, 0.29) is 24.4 Å². The monoisotopic (exact) mass is 321 g/mol. The second kappa shape index (κ2) is 6.95. The number of amides is 2. The van der Waals surface area contributed by atoms with Gasteiger partial charge in [-0.25, -0.2) is 4.79 Å². The van der Waals surface area contributed by atoms with Crippen molar-refractivity contribution < 1.29 is 14.8 Å². The maximum atomic E-state index is 12.2. The standard InChI is InChI=1S/C16H23N3O4/c1-11-5-6-13(9-14(11)19(22)23)12(2)17-15(21)18-16(10-20)7-3-4-8-16/h5-6,9,12,20H,3-4,7-8,10H2,1-2H3,(H2,17,18,21). The quantitative estimate of drug-likeness (QED) is 0.572. The summed E-state index contributed by atoms with van der Waals surface area (Å²) >= 11 is 0. The number of carbonyl (C=O) groups is 1. The number of rotatable bonds is 5. The first-order chi connectivity index (χ1) is 10.9. The Bertz CT molecular complexity index is 597. The zero-order valence-corrected chi connectivity index (χ0v) is 13.5. The molecule has 1 saturated carbocycles. The van der Waals surface area contributed by atoms with Gasteiger partial charge in [-0.2, -0.15) is 0 Å². The highest BCUT2D eigenvalue weighted by atomic mass is 16.6. The van der Waals surface area contributed by atoms with Gasteiger partial charge in [0.1, 0.15) is 0 Å². The van der Waals surface area contributed by atoms with Crippen LogP contribution in [0.2, 0.25) is 0 Å². The lowest BCUT2D eigenvalue weighted by Gasteiger charge is -2.29. The normalized spacial score (nSPS) is 17.5. The first-order valence-electron chi connectivity index (χ1n) is 7.81. The average Bonchev–Trinajstić information content (AvgIpc) is 2.96. The van der Waals surface area contributed by atoms with E-state index in [4.69, 9.17) is 0 Å². The Morgan fingerprint density at radius 2 is 2.09 bits per heavy atom. The van der Waals surface area contributed by atoms with Crippen molar-refractivity contribution in [1.29, 1.82) is 0 Å². The Hall–Kier alpha value is -2.15. The molecule has 0 heterocycles. The van der Waals surface area contributed by atoms with Gasteiger partial charge in [-0.3, -0.25) is 10.1 Å². The number of aryl methyl sites for hydroxylation is 1. The first-order valence-corrected chi connectivity index (χ1v) is 7.81. The smallest absolute Gasteiger partial charge is 0.315 e. The number of nitro groups is 1. The van der Waals surface area contributed by atoms with E-state index < -0.39 is 10.5 Å². The molecule has 3 N–H and O–H groups in total. The van der Waals surface area contributed by atoms with Crippen LogP contribution in [-0.4, -0.2) is 28.2 Å². The lowest BCUT2D eigenvalue weighted by Crippen LogP contribution is -2.53. The third kappa shape index (κ3) is 3.98. The van der Waals surface area contributed by atoms with Gasteiger partial charge < -0.3 is 15.7 Å². The molecule has 1 atom stereocenters. The van der Waals surface area contributed by atoms with Crippen molar-refractivity contribution in [3.63, 3.8) is 0 Å². The molecule has 0 aromatic heterocycles. The van der Waals surface area contributed by atoms with Crippen LogP contribution in [0, 0.1) is 17.0 Å². The summed E-state index contributed by atoms with van der Waals surface area (Å²) in [5.41, 5.74) is 0.755. The zero-order valence-electron chi connectivity index (χ0n) is 13.5. The van der Waals surface area contributed by atoms with Crippen molar-refractivity contribution in [3.8, 4) is 0 Å². The van der Waals surface area contributed by atoms with Crippen molar-refractivity contribution in [3.05, 3.63) is 39.4 Å². The molecule has 7 heteroatoms. The van der Waals surface area contributed by atoms with Crippen LogP contribution in [-0.2, 0) is 0 Å². The summed E-state index contributed by atoms with van der Waals surface area (Å²) in [6.45, 7) is 3.37. The third-order valence-corrected chi connectivity index (χ3v) is 4.52. The Morgan fingerprint density at radius 3 is 2.65 bits per heavy atom. The molecule has 1 aromatic rings. The SMILES string of the molecule is Cc1ccc(C(C)NC(=O)NC2(CO)CCCC2)cc1[N+](=O)[O-]. The summed E-state index contributed by atoms with van der Waals surface area (Å²) in [7, 11) is 0. The number of hydrogen-bond acceptors (Lipinski definition) is 4. The number of aliphatic hydroxyl groups excluding tert-OH is 1. The number of carbonyl (C=O) groups excluding carboxylic acids is 1. The summed E-state index contributed by atoms with van der Waals surface area (Å²) in [5, 5.41) is 26.2. The van der Waals surface area contributed by atoms with Gasteiger partial charge in [0.05, 0.1) is 23.1 Å². The molecule has 23 heavy (non-hydrogen) atoms. The number of benzene rings is 1. The Kier molecular flexibility index (Phi) is 5.20. The van der Waals surface area contributed by atoms with Crippen molar-refractivity contribution >= 4 is 11.7 Å². The van der Waals surface area contributed by atoms with Crippen LogP contribution in [0.25, 0.3) is 0 Å². The first kappa shape index (κ1) is 17.2. The van der Waals surface area contributed by atoms with Gasteiger partial charge in [0, 0.05) is 11.6 Å². The minimum absolute atomic E-state index is 0.0409. The molecule has 0 radical (unpaired) electrons. The lowest BCUT2D eigenvalue weighted by atomic mass is 9.99. The number of nitrogens with zero attached hydrogens (tertiary/aromatic N) is 1. The molecule has 1 aromatic carbocycles. The molecule has 0 aliphatic heterocycles. The van der Waals surface area contributed by atoms with Gasteiger partial charge in [-0.05, 0) is 32.3 Å². The number of aliphatic hydroxyl groups is 1. The van der Waals surface area contributed by atoms with E-state index in [1.54, 1.807) is 26.0 Å². The summed E-state index contributed by atoms with van der Waals surface area (Å²) in [6, 6.07) is 4.20. The van der Waals surface area contributed by atoms with Crippen LogP contribution in [0.4, 0.5) is 10.5 Å². The van der Waals surface area contributed by atoms with Crippen molar-refractivity contribution in [2.45, 2.75) is 51.1 Å². The Balaban J connectivity index is 2.04. The van der Waals surface area contributed by atoms with Gasteiger partial charge in [0.15, 0.2) is 0 Å². The highest BCUT2D eigenvalue weighted by molar-refractivity contribution is 5.75. The van der Waals surface area contributed by atoms with E-state index in [1.165, 1.54) is 6.07 Å². The van der Waals surface area contributed by atoms with E-state index in [0.717, 1.165) is 25.7 Å². The van der Waals surface area contributed by atoms with Gasteiger partial charge in [0.2, 0.25) is 0 Å². The van der Waals surface area contributed by atoms with Gasteiger partial charge in [-0.15, -0.1) is 0 Å². The molecular formula is C16H23N3O4. The molecule has 0 spiro atoms. The second-order valence-corrected chi connectivity index (χ2v) is 6.27. The molecule has 2 rings (SSSR count). The van der Waals surface area contributed by atoms with Crippen molar-refractivity contribution in [2.24, 2.45) is 0 Å². The lowest BCUT2D eigenvalue weighted by molar-refractivity contribution is -0.385. The summed E-state index contributed by atoms with van der Waals surface area (Å²) in [4.78, 5) is 22.7. The van der Waals surface area contributed by atoms with E-state index in [0.29, 0.717) is 11.1 Å². The van der Waals surface area contributed by atoms with Crippen LogP contribution >= 0.6 is 0 Å². The molecule has 1 aliphatic rings.